The minimum atomic E-state index is -0.00758. The van der Waals surface area contributed by atoms with Crippen molar-refractivity contribution < 1.29 is 14.3 Å². The van der Waals surface area contributed by atoms with Crippen molar-refractivity contribution in [3.05, 3.63) is 28.8 Å². The lowest BCUT2D eigenvalue weighted by Crippen LogP contribution is -2.47. The first kappa shape index (κ1) is 20.6. The number of methoxy groups -OCH3 is 1. The Labute approximate surface area is 174 Å². The molecule has 2 saturated heterocycles. The number of ether oxygens (including phenoxy) is 2. The predicted molar refractivity (Wildman–Crippen MR) is 113 cm³/mol. The van der Waals surface area contributed by atoms with Crippen LogP contribution in [0.2, 0.25) is 0 Å². The maximum atomic E-state index is 13.0. The first-order chi connectivity index (χ1) is 14.1. The third kappa shape index (κ3) is 4.93. The zero-order valence-corrected chi connectivity index (χ0v) is 17.6. The Morgan fingerprint density at radius 3 is 2.69 bits per heavy atom. The number of carbonyl (C=O) groups is 1. The maximum absolute atomic E-state index is 13.0. The molecule has 6 nitrogen and oxygen atoms in total. The number of amides is 1. The summed E-state index contributed by atoms with van der Waals surface area (Å²) in [6, 6.07) is 5.01. The van der Waals surface area contributed by atoms with E-state index in [1.807, 2.05) is 0 Å². The Kier molecular flexibility index (Phi) is 6.73. The lowest BCUT2D eigenvalue weighted by molar-refractivity contribution is -0.126. The number of benzene rings is 1. The molecule has 6 heteroatoms. The van der Waals surface area contributed by atoms with E-state index in [1.54, 1.807) is 7.11 Å². The minimum absolute atomic E-state index is 0.00758. The molecule has 4 rings (SSSR count). The first-order valence-corrected chi connectivity index (χ1v) is 11.2. The highest BCUT2D eigenvalue weighted by atomic mass is 16.5. The summed E-state index contributed by atoms with van der Waals surface area (Å²) in [6.07, 6.45) is 7.29. The Balaban J connectivity index is 1.39. The molecule has 0 saturated carbocycles. The van der Waals surface area contributed by atoms with Crippen LogP contribution in [0.3, 0.4) is 0 Å². The summed E-state index contributed by atoms with van der Waals surface area (Å²) in [6.45, 7) is 3.82. The van der Waals surface area contributed by atoms with Gasteiger partial charge in [0, 0.05) is 50.5 Å². The van der Waals surface area contributed by atoms with Gasteiger partial charge in [-0.15, -0.1) is 0 Å². The first-order valence-electron chi connectivity index (χ1n) is 11.2. The van der Waals surface area contributed by atoms with Gasteiger partial charge >= 0.3 is 0 Å². The fourth-order valence-electron chi connectivity index (χ4n) is 5.13. The van der Waals surface area contributed by atoms with Crippen molar-refractivity contribution in [2.75, 3.05) is 33.4 Å². The highest BCUT2D eigenvalue weighted by Crippen LogP contribution is 2.30. The molecule has 2 heterocycles. The van der Waals surface area contributed by atoms with Crippen LogP contribution in [0.5, 0.6) is 5.75 Å². The van der Waals surface area contributed by atoms with E-state index in [1.165, 1.54) is 17.5 Å². The molecular formula is C23H35N3O3. The Hall–Kier alpha value is -1.63. The van der Waals surface area contributed by atoms with Gasteiger partial charge in [0.25, 0.3) is 0 Å². The second-order valence-electron chi connectivity index (χ2n) is 8.84. The predicted octanol–water partition coefficient (Wildman–Crippen LogP) is 2.02. The van der Waals surface area contributed by atoms with E-state index < -0.39 is 0 Å². The average molecular weight is 402 g/mol. The lowest BCUT2D eigenvalue weighted by atomic mass is 10.00. The normalized spacial score (nSPS) is 26.0. The number of likely N-dealkylation sites (tertiary alicyclic amines) is 1. The van der Waals surface area contributed by atoms with Crippen LogP contribution in [-0.4, -0.2) is 56.3 Å². The summed E-state index contributed by atoms with van der Waals surface area (Å²) in [7, 11) is 1.71. The topological polar surface area (TPSA) is 76.8 Å². The average Bonchev–Trinajstić information content (AvgIpc) is 3.11. The Morgan fingerprint density at radius 1 is 1.17 bits per heavy atom. The van der Waals surface area contributed by atoms with Crippen molar-refractivity contribution in [3.8, 4) is 5.75 Å². The van der Waals surface area contributed by atoms with Gasteiger partial charge in [-0.1, -0.05) is 6.07 Å². The maximum Gasteiger partial charge on any atom is 0.224 e. The largest absolute Gasteiger partial charge is 0.496 e. The van der Waals surface area contributed by atoms with Crippen molar-refractivity contribution in [1.82, 2.24) is 10.2 Å². The molecule has 0 radical (unpaired) electrons. The van der Waals surface area contributed by atoms with Crippen LogP contribution in [0.25, 0.3) is 0 Å². The van der Waals surface area contributed by atoms with Crippen LogP contribution in [0.4, 0.5) is 0 Å². The number of fused-ring (bicyclic) bond motifs is 1. The number of hydrogen-bond donors (Lipinski definition) is 2. The van der Waals surface area contributed by atoms with Crippen LogP contribution in [0.1, 0.15) is 48.8 Å². The Bertz CT molecular complexity index is 718. The molecule has 0 spiro atoms. The van der Waals surface area contributed by atoms with E-state index in [0.29, 0.717) is 12.6 Å². The second-order valence-corrected chi connectivity index (χ2v) is 8.84. The number of hydrogen-bond acceptors (Lipinski definition) is 5. The number of nitrogens with one attached hydrogen (secondary N) is 1. The van der Waals surface area contributed by atoms with Crippen LogP contribution < -0.4 is 15.8 Å². The highest BCUT2D eigenvalue weighted by molar-refractivity contribution is 5.79. The standard InChI is InChI=1S/C23H35N3O3/c1-28-22-12-17-4-2-3-16(17)11-19(22)13-25-23(27)18-5-6-20(24)15-26(14-18)21-7-9-29-10-8-21/h11-12,18,20-21H,2-10,13-15,24H2,1H3,(H,25,27)/t18-,20+/m1/s1. The quantitative estimate of drug-likeness (QED) is 0.789. The van der Waals surface area contributed by atoms with E-state index in [-0.39, 0.29) is 17.9 Å². The molecule has 0 bridgehead atoms. The third-order valence-electron chi connectivity index (χ3n) is 6.84. The summed E-state index contributed by atoms with van der Waals surface area (Å²) < 4.78 is 11.1. The SMILES string of the molecule is COc1cc2c(cc1CNC(=O)[C@@H]1CC[C@H](N)CN(C3CCOCC3)C1)CCC2. The van der Waals surface area contributed by atoms with Gasteiger partial charge in [0.1, 0.15) is 5.75 Å². The van der Waals surface area contributed by atoms with Gasteiger partial charge in [-0.25, -0.2) is 0 Å². The molecule has 3 N–H and O–H groups in total. The number of rotatable bonds is 5. The van der Waals surface area contributed by atoms with Gasteiger partial charge in [-0.3, -0.25) is 9.69 Å². The van der Waals surface area contributed by atoms with Crippen molar-refractivity contribution in [3.63, 3.8) is 0 Å². The summed E-state index contributed by atoms with van der Waals surface area (Å²) >= 11 is 0. The summed E-state index contributed by atoms with van der Waals surface area (Å²) in [4.78, 5) is 15.5. The number of nitrogens with two attached hydrogens (primary N) is 1. The summed E-state index contributed by atoms with van der Waals surface area (Å²) in [5, 5.41) is 3.19. The van der Waals surface area contributed by atoms with Gasteiger partial charge in [0.05, 0.1) is 13.0 Å². The zero-order chi connectivity index (χ0) is 20.2. The number of carbonyl (C=O) groups excluding carboxylic acids is 1. The summed E-state index contributed by atoms with van der Waals surface area (Å²) in [5.74, 6) is 1.02. The number of nitrogens with zero attached hydrogens (tertiary/aromatic N) is 1. The van der Waals surface area contributed by atoms with Gasteiger partial charge in [0.2, 0.25) is 5.91 Å². The van der Waals surface area contributed by atoms with Gasteiger partial charge in [-0.2, -0.15) is 0 Å². The monoisotopic (exact) mass is 401 g/mol. The fraction of sp³-hybridized carbons (Fsp3) is 0.696. The molecular weight excluding hydrogens is 366 g/mol. The van der Waals surface area contributed by atoms with Crippen LogP contribution in [0, 0.1) is 5.92 Å². The minimum Gasteiger partial charge on any atom is -0.496 e. The molecule has 2 atom stereocenters. The molecule has 3 aliphatic rings. The molecule has 1 amide bonds. The summed E-state index contributed by atoms with van der Waals surface area (Å²) in [5.41, 5.74) is 10.2. The van der Waals surface area contributed by atoms with Crippen LogP contribution >= 0.6 is 0 Å². The molecule has 2 aliphatic heterocycles. The second kappa shape index (κ2) is 9.45. The van der Waals surface area contributed by atoms with Crippen molar-refractivity contribution >= 4 is 5.91 Å². The van der Waals surface area contributed by atoms with E-state index in [9.17, 15) is 4.79 Å². The molecule has 2 fully saturated rings. The molecule has 1 aromatic carbocycles. The number of aryl methyl sites for hydroxylation is 2. The van der Waals surface area contributed by atoms with Gasteiger partial charge < -0.3 is 20.5 Å². The molecule has 1 aliphatic carbocycles. The van der Waals surface area contributed by atoms with Crippen LogP contribution in [-0.2, 0) is 28.9 Å². The van der Waals surface area contributed by atoms with E-state index in [2.05, 4.69) is 22.3 Å². The van der Waals surface area contributed by atoms with Crippen LogP contribution in [0.15, 0.2) is 12.1 Å². The van der Waals surface area contributed by atoms with E-state index in [4.69, 9.17) is 15.2 Å². The molecule has 29 heavy (non-hydrogen) atoms. The molecule has 0 unspecified atom stereocenters. The van der Waals surface area contributed by atoms with E-state index >= 15 is 0 Å². The molecule has 160 valence electrons. The smallest absolute Gasteiger partial charge is 0.224 e. The third-order valence-corrected chi connectivity index (χ3v) is 6.84. The molecule has 0 aromatic heterocycles. The fourth-order valence-corrected chi connectivity index (χ4v) is 5.13. The molecule has 1 aromatic rings. The lowest BCUT2D eigenvalue weighted by Gasteiger charge is -2.35. The van der Waals surface area contributed by atoms with Gasteiger partial charge in [-0.05, 0) is 62.1 Å². The van der Waals surface area contributed by atoms with E-state index in [0.717, 1.165) is 76.1 Å². The Morgan fingerprint density at radius 2 is 1.93 bits per heavy atom. The van der Waals surface area contributed by atoms with Crippen molar-refractivity contribution in [2.45, 2.75) is 63.6 Å². The van der Waals surface area contributed by atoms with Gasteiger partial charge in [0.15, 0.2) is 0 Å². The van der Waals surface area contributed by atoms with Crippen molar-refractivity contribution in [2.24, 2.45) is 11.7 Å². The van der Waals surface area contributed by atoms with Crippen molar-refractivity contribution in [1.29, 1.82) is 0 Å². The zero-order valence-electron chi connectivity index (χ0n) is 17.6. The highest BCUT2D eigenvalue weighted by Gasteiger charge is 2.31.